The van der Waals surface area contributed by atoms with E-state index in [0.717, 1.165) is 23.5 Å². The first kappa shape index (κ1) is 33.3. The second-order valence-electron chi connectivity index (χ2n) is 10.2. The summed E-state index contributed by atoms with van der Waals surface area (Å²) in [5.74, 6) is 0.146. The summed E-state index contributed by atoms with van der Waals surface area (Å²) in [7, 11) is 0. The monoisotopic (exact) mass is 536 g/mol. The molecule has 0 aliphatic heterocycles. The molecular formula is C31H52O5S. The van der Waals surface area contributed by atoms with Gasteiger partial charge in [0.2, 0.25) is 0 Å². The van der Waals surface area contributed by atoms with Crippen LogP contribution in [0.4, 0.5) is 0 Å². The van der Waals surface area contributed by atoms with Crippen molar-refractivity contribution < 1.29 is 24.5 Å². The van der Waals surface area contributed by atoms with Crippen LogP contribution in [0, 0.1) is 0 Å². The van der Waals surface area contributed by atoms with Gasteiger partial charge in [-0.1, -0.05) is 122 Å². The third-order valence-electron chi connectivity index (χ3n) is 6.81. The molecule has 212 valence electrons. The van der Waals surface area contributed by atoms with Crippen LogP contribution >= 0.6 is 11.8 Å². The molecule has 0 amide bonds. The molecule has 0 fully saturated rings. The lowest BCUT2D eigenvalue weighted by atomic mass is 10.0. The van der Waals surface area contributed by atoms with E-state index in [1.165, 1.54) is 103 Å². The standard InChI is InChI=1S/C31H52O5S/c1-2-27(31(34)35)36-28-23-20-21-24-29(28)37-26-22-18-16-14-12-10-8-6-4-3-5-7-9-11-13-15-17-19-25-30(32)33/h20-21,23-24,27H,2-19,22,25-26H2,1H3,(H,32,33)(H,34,35). The zero-order valence-electron chi connectivity index (χ0n) is 23.3. The predicted molar refractivity (Wildman–Crippen MR) is 155 cm³/mol. The van der Waals surface area contributed by atoms with Gasteiger partial charge in [-0.15, -0.1) is 11.8 Å². The first-order valence-electron chi connectivity index (χ1n) is 14.9. The Morgan fingerprint density at radius 3 is 1.57 bits per heavy atom. The lowest BCUT2D eigenvalue weighted by Crippen LogP contribution is -2.26. The van der Waals surface area contributed by atoms with Crippen molar-refractivity contribution in [3.63, 3.8) is 0 Å². The van der Waals surface area contributed by atoms with E-state index < -0.39 is 18.0 Å². The Morgan fingerprint density at radius 2 is 1.14 bits per heavy atom. The maximum atomic E-state index is 11.3. The molecule has 0 saturated heterocycles. The molecule has 0 saturated carbocycles. The molecule has 37 heavy (non-hydrogen) atoms. The van der Waals surface area contributed by atoms with E-state index in [2.05, 4.69) is 0 Å². The molecule has 1 rings (SSSR count). The van der Waals surface area contributed by atoms with Crippen LogP contribution in [-0.2, 0) is 9.59 Å². The summed E-state index contributed by atoms with van der Waals surface area (Å²) in [5.41, 5.74) is 0. The lowest BCUT2D eigenvalue weighted by molar-refractivity contribution is -0.145. The van der Waals surface area contributed by atoms with Gasteiger partial charge in [0.25, 0.3) is 0 Å². The Balaban J connectivity index is 1.87. The molecule has 0 aliphatic rings. The number of unbranched alkanes of at least 4 members (excludes halogenated alkanes) is 17. The number of carbonyl (C=O) groups is 2. The smallest absolute Gasteiger partial charge is 0.344 e. The Bertz CT molecular complexity index is 709. The molecule has 5 nitrogen and oxygen atoms in total. The van der Waals surface area contributed by atoms with E-state index in [1.54, 1.807) is 11.8 Å². The van der Waals surface area contributed by atoms with E-state index in [-0.39, 0.29) is 0 Å². The number of hydrogen-bond acceptors (Lipinski definition) is 4. The van der Waals surface area contributed by atoms with Crippen LogP contribution < -0.4 is 4.74 Å². The highest BCUT2D eigenvalue weighted by atomic mass is 32.2. The van der Waals surface area contributed by atoms with Crippen molar-refractivity contribution in [2.45, 2.75) is 146 Å². The SMILES string of the molecule is CCC(Oc1ccccc1SCCCCCCCCCCCCCCCCCCCCC(=O)O)C(=O)O. The maximum absolute atomic E-state index is 11.3. The number of ether oxygens (including phenoxy) is 1. The van der Waals surface area contributed by atoms with Crippen molar-refractivity contribution >= 4 is 23.7 Å². The van der Waals surface area contributed by atoms with Gasteiger partial charge in [0.05, 0.1) is 0 Å². The van der Waals surface area contributed by atoms with Crippen molar-refractivity contribution in [3.05, 3.63) is 24.3 Å². The Hall–Kier alpha value is -1.69. The minimum atomic E-state index is -0.909. The minimum absolute atomic E-state index is 0.324. The first-order chi connectivity index (χ1) is 18.0. The topological polar surface area (TPSA) is 83.8 Å². The van der Waals surface area contributed by atoms with Crippen LogP contribution in [0.3, 0.4) is 0 Å². The number of para-hydroxylation sites is 1. The van der Waals surface area contributed by atoms with Crippen LogP contribution in [0.15, 0.2) is 29.2 Å². The summed E-state index contributed by atoms with van der Waals surface area (Å²) in [6.07, 6.45) is 23.0. The molecule has 1 aromatic carbocycles. The first-order valence-corrected chi connectivity index (χ1v) is 15.9. The lowest BCUT2D eigenvalue weighted by Gasteiger charge is -2.16. The number of hydrogen-bond donors (Lipinski definition) is 2. The zero-order chi connectivity index (χ0) is 27.0. The summed E-state index contributed by atoms with van der Waals surface area (Å²) in [4.78, 5) is 22.8. The zero-order valence-corrected chi connectivity index (χ0v) is 24.1. The summed E-state index contributed by atoms with van der Waals surface area (Å²) in [6.45, 7) is 1.83. The van der Waals surface area contributed by atoms with Crippen molar-refractivity contribution in [3.8, 4) is 5.75 Å². The molecule has 0 heterocycles. The predicted octanol–water partition coefficient (Wildman–Crippen LogP) is 9.52. The quantitative estimate of drug-likeness (QED) is 0.0906. The van der Waals surface area contributed by atoms with Gasteiger partial charge in [-0.05, 0) is 37.1 Å². The highest BCUT2D eigenvalue weighted by Crippen LogP contribution is 2.31. The third kappa shape index (κ3) is 19.1. The van der Waals surface area contributed by atoms with E-state index in [0.29, 0.717) is 18.6 Å². The van der Waals surface area contributed by atoms with Crippen molar-refractivity contribution in [2.24, 2.45) is 0 Å². The van der Waals surface area contributed by atoms with Gasteiger partial charge >= 0.3 is 11.9 Å². The fourth-order valence-corrected chi connectivity index (χ4v) is 5.52. The number of carboxylic acid groups (broad SMARTS) is 2. The number of aliphatic carboxylic acids is 2. The molecular weight excluding hydrogens is 484 g/mol. The Kier molecular flexibility index (Phi) is 21.1. The van der Waals surface area contributed by atoms with Gasteiger partial charge in [-0.3, -0.25) is 4.79 Å². The fraction of sp³-hybridized carbons (Fsp3) is 0.742. The maximum Gasteiger partial charge on any atom is 0.344 e. The average Bonchev–Trinajstić information content (AvgIpc) is 2.88. The molecule has 0 aliphatic carbocycles. The molecule has 1 aromatic rings. The number of rotatable bonds is 26. The molecule has 1 atom stereocenters. The molecule has 6 heteroatoms. The van der Waals surface area contributed by atoms with Crippen molar-refractivity contribution in [1.29, 1.82) is 0 Å². The summed E-state index contributed by atoms with van der Waals surface area (Å²) < 4.78 is 5.72. The molecule has 0 spiro atoms. The minimum Gasteiger partial charge on any atom is -0.481 e. The van der Waals surface area contributed by atoms with E-state index in [9.17, 15) is 14.7 Å². The van der Waals surface area contributed by atoms with Gasteiger partial charge < -0.3 is 14.9 Å². The van der Waals surface area contributed by atoms with Crippen molar-refractivity contribution in [1.82, 2.24) is 0 Å². The highest BCUT2D eigenvalue weighted by Gasteiger charge is 2.18. The van der Waals surface area contributed by atoms with Crippen LogP contribution in [0.25, 0.3) is 0 Å². The van der Waals surface area contributed by atoms with Crippen LogP contribution in [0.1, 0.15) is 135 Å². The van der Waals surface area contributed by atoms with Crippen LogP contribution in [-0.4, -0.2) is 34.0 Å². The second-order valence-corrected chi connectivity index (χ2v) is 11.3. The second kappa shape index (κ2) is 23.4. The van der Waals surface area contributed by atoms with E-state index >= 15 is 0 Å². The summed E-state index contributed by atoms with van der Waals surface area (Å²) in [5, 5.41) is 17.9. The normalized spacial score (nSPS) is 11.9. The summed E-state index contributed by atoms with van der Waals surface area (Å²) in [6, 6.07) is 7.76. The average molecular weight is 537 g/mol. The Morgan fingerprint density at radius 1 is 0.703 bits per heavy atom. The van der Waals surface area contributed by atoms with Gasteiger partial charge in [0, 0.05) is 11.3 Å². The van der Waals surface area contributed by atoms with Gasteiger partial charge in [0.15, 0.2) is 6.10 Å². The number of benzene rings is 1. The van der Waals surface area contributed by atoms with E-state index in [1.807, 2.05) is 31.2 Å². The Labute approximate surface area is 230 Å². The van der Waals surface area contributed by atoms with Crippen LogP contribution in [0.2, 0.25) is 0 Å². The van der Waals surface area contributed by atoms with Gasteiger partial charge in [-0.2, -0.15) is 0 Å². The molecule has 2 N–H and O–H groups in total. The number of carboxylic acids is 2. The molecule has 0 aromatic heterocycles. The fourth-order valence-electron chi connectivity index (χ4n) is 4.52. The molecule has 1 unspecified atom stereocenters. The summed E-state index contributed by atoms with van der Waals surface area (Å²) >= 11 is 1.77. The van der Waals surface area contributed by atoms with Gasteiger partial charge in [0.1, 0.15) is 5.75 Å². The molecule has 0 radical (unpaired) electrons. The third-order valence-corrected chi connectivity index (χ3v) is 7.95. The van der Waals surface area contributed by atoms with Crippen LogP contribution in [0.5, 0.6) is 5.75 Å². The van der Waals surface area contributed by atoms with E-state index in [4.69, 9.17) is 9.84 Å². The van der Waals surface area contributed by atoms with Crippen molar-refractivity contribution in [2.75, 3.05) is 5.75 Å². The highest BCUT2D eigenvalue weighted by molar-refractivity contribution is 7.99. The molecule has 0 bridgehead atoms. The van der Waals surface area contributed by atoms with Gasteiger partial charge in [-0.25, -0.2) is 4.79 Å². The largest absolute Gasteiger partial charge is 0.481 e. The number of thioether (sulfide) groups is 1.